The standard InChI is InChI=1S/C31H47NO2/c1-2-6-32(7-3-1)8-9-33-16-34-15-20-11-19-12-21(20)29-25-14-24(28(19)29)30-22-13-23(31(25)30)27-18-5-4-17(10-18)26(22)27/h17-31H,1-16H2. The van der Waals surface area contributed by atoms with Gasteiger partial charge in [0.05, 0.1) is 13.2 Å². The van der Waals surface area contributed by atoms with Gasteiger partial charge in [-0.3, -0.25) is 0 Å². The molecule has 9 fully saturated rings. The average Bonchev–Trinajstić information content (AvgIpc) is 3.68. The zero-order valence-corrected chi connectivity index (χ0v) is 21.2. The second kappa shape index (κ2) is 7.70. The number of ether oxygens (including phenoxy) is 2. The minimum Gasteiger partial charge on any atom is -0.355 e. The van der Waals surface area contributed by atoms with Gasteiger partial charge in [-0.2, -0.15) is 0 Å². The fourth-order valence-electron chi connectivity index (χ4n) is 14.1. The summed E-state index contributed by atoms with van der Waals surface area (Å²) in [5, 5.41) is 0. The maximum atomic E-state index is 6.17. The highest BCUT2D eigenvalue weighted by molar-refractivity contribution is 5.23. The Kier molecular flexibility index (Phi) is 4.73. The SMILES string of the molecule is C1CCN(CCOCOCC2CC3CC2C2C4CC(C32)C2C3CC(C5C6CCC(C6)C35)C42)CC1. The molecule has 0 amide bonds. The third kappa shape index (κ3) is 2.71. The van der Waals surface area contributed by atoms with E-state index in [9.17, 15) is 0 Å². The molecule has 1 aliphatic heterocycles. The van der Waals surface area contributed by atoms with Gasteiger partial charge in [0.25, 0.3) is 0 Å². The molecule has 8 aliphatic carbocycles. The maximum absolute atomic E-state index is 6.17. The summed E-state index contributed by atoms with van der Waals surface area (Å²) < 4.78 is 12.1. The van der Waals surface area contributed by atoms with Crippen LogP contribution in [-0.4, -0.2) is 44.5 Å². The van der Waals surface area contributed by atoms with Crippen LogP contribution >= 0.6 is 0 Å². The van der Waals surface area contributed by atoms with E-state index in [2.05, 4.69) is 4.90 Å². The topological polar surface area (TPSA) is 21.7 Å². The quantitative estimate of drug-likeness (QED) is 0.280. The van der Waals surface area contributed by atoms with E-state index < -0.39 is 0 Å². The molecule has 1 saturated heterocycles. The lowest BCUT2D eigenvalue weighted by atomic mass is 9.54. The van der Waals surface area contributed by atoms with Crippen LogP contribution in [0.25, 0.3) is 0 Å². The fraction of sp³-hybridized carbons (Fsp3) is 1.00. The van der Waals surface area contributed by atoms with Crippen molar-refractivity contribution in [1.29, 1.82) is 0 Å². The lowest BCUT2D eigenvalue weighted by Crippen LogP contribution is -2.47. The van der Waals surface area contributed by atoms with Crippen molar-refractivity contribution in [2.45, 2.75) is 64.2 Å². The lowest BCUT2D eigenvalue weighted by molar-refractivity contribution is -0.0874. The number of nitrogens with zero attached hydrogens (tertiary/aromatic N) is 1. The Hall–Kier alpha value is -0.120. The summed E-state index contributed by atoms with van der Waals surface area (Å²) in [5.74, 6) is 16.9. The lowest BCUT2D eigenvalue weighted by Gasteiger charge is -2.51. The van der Waals surface area contributed by atoms with Crippen LogP contribution in [0.5, 0.6) is 0 Å². The van der Waals surface area contributed by atoms with Crippen LogP contribution in [0, 0.1) is 88.8 Å². The third-order valence-corrected chi connectivity index (χ3v) is 14.3. The monoisotopic (exact) mass is 465 g/mol. The molecule has 3 heteroatoms. The van der Waals surface area contributed by atoms with Gasteiger partial charge in [-0.1, -0.05) is 6.42 Å². The minimum atomic E-state index is 0.530. The Morgan fingerprint density at radius 2 is 1.21 bits per heavy atom. The molecule has 34 heavy (non-hydrogen) atoms. The summed E-state index contributed by atoms with van der Waals surface area (Å²) in [5.41, 5.74) is 0. The van der Waals surface area contributed by atoms with Crippen LogP contribution in [0.4, 0.5) is 0 Å². The predicted molar refractivity (Wildman–Crippen MR) is 132 cm³/mol. The van der Waals surface area contributed by atoms with Gasteiger partial charge < -0.3 is 14.4 Å². The number of fused-ring (bicyclic) bond motifs is 23. The summed E-state index contributed by atoms with van der Waals surface area (Å²) in [7, 11) is 0. The molecule has 0 aromatic heterocycles. The molecule has 8 bridgehead atoms. The van der Waals surface area contributed by atoms with E-state index in [-0.39, 0.29) is 0 Å². The normalized spacial score (nSPS) is 59.8. The Labute approximate surface area is 207 Å². The van der Waals surface area contributed by atoms with Gasteiger partial charge in [-0.25, -0.2) is 0 Å². The van der Waals surface area contributed by atoms with E-state index in [1.165, 1.54) is 80.2 Å². The fourth-order valence-corrected chi connectivity index (χ4v) is 14.1. The van der Waals surface area contributed by atoms with Gasteiger partial charge in [0, 0.05) is 6.54 Å². The number of rotatable bonds is 7. The number of hydrogen-bond donors (Lipinski definition) is 0. The zero-order valence-electron chi connectivity index (χ0n) is 21.2. The van der Waals surface area contributed by atoms with Crippen LogP contribution in [0.2, 0.25) is 0 Å². The third-order valence-electron chi connectivity index (χ3n) is 14.3. The van der Waals surface area contributed by atoms with Crippen molar-refractivity contribution < 1.29 is 9.47 Å². The van der Waals surface area contributed by atoms with Crippen molar-refractivity contribution in [3.05, 3.63) is 0 Å². The van der Waals surface area contributed by atoms with Crippen LogP contribution in [0.1, 0.15) is 64.2 Å². The van der Waals surface area contributed by atoms with Crippen LogP contribution in [-0.2, 0) is 9.47 Å². The Bertz CT molecular complexity index is 809. The first kappa shape index (κ1) is 20.9. The highest BCUT2D eigenvalue weighted by Crippen LogP contribution is 2.81. The number of hydrogen-bond acceptors (Lipinski definition) is 3. The number of piperidine rings is 1. The summed E-state index contributed by atoms with van der Waals surface area (Å²) in [6.45, 7) is 6.00. The van der Waals surface area contributed by atoms with Crippen molar-refractivity contribution in [3.63, 3.8) is 0 Å². The molecule has 0 aromatic carbocycles. The van der Waals surface area contributed by atoms with Crippen molar-refractivity contribution >= 4 is 0 Å². The van der Waals surface area contributed by atoms with Crippen LogP contribution < -0.4 is 0 Å². The largest absolute Gasteiger partial charge is 0.355 e. The van der Waals surface area contributed by atoms with Gasteiger partial charge >= 0.3 is 0 Å². The molecule has 9 aliphatic rings. The smallest absolute Gasteiger partial charge is 0.146 e. The van der Waals surface area contributed by atoms with E-state index in [1.54, 1.807) is 38.5 Å². The first-order chi connectivity index (χ1) is 16.9. The summed E-state index contributed by atoms with van der Waals surface area (Å²) in [6.07, 6.45) is 15.4. The Morgan fingerprint density at radius 1 is 0.559 bits per heavy atom. The molecule has 0 radical (unpaired) electrons. The Balaban J connectivity index is 0.824. The molecule has 8 saturated carbocycles. The van der Waals surface area contributed by atoms with E-state index >= 15 is 0 Å². The van der Waals surface area contributed by atoms with E-state index in [0.717, 1.165) is 67.1 Å². The van der Waals surface area contributed by atoms with Crippen LogP contribution in [0.3, 0.4) is 0 Å². The van der Waals surface area contributed by atoms with Crippen molar-refractivity contribution in [2.24, 2.45) is 88.8 Å². The molecule has 0 aromatic rings. The van der Waals surface area contributed by atoms with Gasteiger partial charge in [0.2, 0.25) is 0 Å². The molecular formula is C31H47NO2. The maximum Gasteiger partial charge on any atom is 0.146 e. The van der Waals surface area contributed by atoms with Crippen LogP contribution in [0.15, 0.2) is 0 Å². The number of likely N-dealkylation sites (tertiary alicyclic amines) is 1. The first-order valence-corrected chi connectivity index (χ1v) is 15.7. The highest BCUT2D eigenvalue weighted by atomic mass is 16.7. The average molecular weight is 466 g/mol. The Morgan fingerprint density at radius 3 is 1.94 bits per heavy atom. The van der Waals surface area contributed by atoms with Gasteiger partial charge in [0.1, 0.15) is 6.79 Å². The van der Waals surface area contributed by atoms with Crippen molar-refractivity contribution in [2.75, 3.05) is 39.6 Å². The van der Waals surface area contributed by atoms with Gasteiger partial charge in [-0.15, -0.1) is 0 Å². The molecule has 1 heterocycles. The van der Waals surface area contributed by atoms with E-state index in [1.807, 2.05) is 0 Å². The molecule has 0 spiro atoms. The predicted octanol–water partition coefficient (Wildman–Crippen LogP) is 5.55. The molecule has 15 unspecified atom stereocenters. The van der Waals surface area contributed by atoms with E-state index in [4.69, 9.17) is 9.47 Å². The summed E-state index contributed by atoms with van der Waals surface area (Å²) in [4.78, 5) is 2.57. The highest BCUT2D eigenvalue weighted by Gasteiger charge is 2.76. The zero-order chi connectivity index (χ0) is 22.0. The summed E-state index contributed by atoms with van der Waals surface area (Å²) in [6, 6.07) is 0. The van der Waals surface area contributed by atoms with E-state index in [0.29, 0.717) is 6.79 Å². The molecule has 3 nitrogen and oxygen atoms in total. The van der Waals surface area contributed by atoms with Gasteiger partial charge in [0.15, 0.2) is 0 Å². The first-order valence-electron chi connectivity index (χ1n) is 15.7. The second-order valence-electron chi connectivity index (χ2n) is 14.9. The molecule has 0 N–H and O–H groups in total. The minimum absolute atomic E-state index is 0.530. The molecular weight excluding hydrogens is 418 g/mol. The van der Waals surface area contributed by atoms with Crippen molar-refractivity contribution in [3.8, 4) is 0 Å². The molecule has 9 rings (SSSR count). The molecule has 188 valence electrons. The van der Waals surface area contributed by atoms with Crippen molar-refractivity contribution in [1.82, 2.24) is 4.90 Å². The second-order valence-corrected chi connectivity index (χ2v) is 14.9. The summed E-state index contributed by atoms with van der Waals surface area (Å²) >= 11 is 0. The van der Waals surface area contributed by atoms with Gasteiger partial charge in [-0.05, 0) is 160 Å². The molecule has 15 atom stereocenters.